The zero-order chi connectivity index (χ0) is 13.8. The molecule has 104 valence electrons. The summed E-state index contributed by atoms with van der Waals surface area (Å²) in [6.07, 6.45) is 3.70. The van der Waals surface area contributed by atoms with Crippen LogP contribution in [0.1, 0.15) is 40.7 Å². The Hall–Kier alpha value is -1.35. The second-order valence-corrected chi connectivity index (χ2v) is 5.42. The molecule has 0 bridgehead atoms. The van der Waals surface area contributed by atoms with E-state index in [0.717, 1.165) is 35.5 Å². The normalized spacial score (nSPS) is 16.4. The zero-order valence-electron chi connectivity index (χ0n) is 12.2. The average Bonchev–Trinajstić information content (AvgIpc) is 2.39. The number of hydrogen-bond donors (Lipinski definition) is 0. The van der Waals surface area contributed by atoms with Crippen molar-refractivity contribution >= 4 is 5.78 Å². The van der Waals surface area contributed by atoms with Crippen molar-refractivity contribution in [3.05, 3.63) is 28.8 Å². The summed E-state index contributed by atoms with van der Waals surface area (Å²) in [7, 11) is 1.63. The number of likely N-dealkylation sites (tertiary alicyclic amines) is 1. The maximum absolute atomic E-state index is 12.5. The van der Waals surface area contributed by atoms with Crippen LogP contribution in [0.3, 0.4) is 0 Å². The van der Waals surface area contributed by atoms with Crippen LogP contribution in [0.15, 0.2) is 12.1 Å². The highest BCUT2D eigenvalue weighted by atomic mass is 16.5. The van der Waals surface area contributed by atoms with Crippen molar-refractivity contribution in [2.45, 2.75) is 33.1 Å². The number of rotatable bonds is 4. The van der Waals surface area contributed by atoms with Crippen LogP contribution in [-0.2, 0) is 0 Å². The largest absolute Gasteiger partial charge is 0.496 e. The Balaban J connectivity index is 2.17. The molecule has 1 aliphatic heterocycles. The first-order valence-electron chi connectivity index (χ1n) is 7.02. The number of Topliss-reactive ketones (excluding diaryl/α,β-unsaturated/α-hetero) is 1. The number of aryl methyl sites for hydroxylation is 2. The second kappa shape index (κ2) is 6.20. The third-order valence-corrected chi connectivity index (χ3v) is 3.74. The van der Waals surface area contributed by atoms with Gasteiger partial charge in [-0.15, -0.1) is 0 Å². The fourth-order valence-corrected chi connectivity index (χ4v) is 2.84. The minimum atomic E-state index is 0.172. The smallest absolute Gasteiger partial charge is 0.180 e. The number of methoxy groups -OCH3 is 1. The summed E-state index contributed by atoms with van der Waals surface area (Å²) in [5, 5.41) is 0. The molecule has 0 atom stereocenters. The molecule has 3 heteroatoms. The fraction of sp³-hybridized carbons (Fsp3) is 0.562. The molecule has 1 aromatic carbocycles. The van der Waals surface area contributed by atoms with Crippen molar-refractivity contribution in [1.29, 1.82) is 0 Å². The predicted octanol–water partition coefficient (Wildman–Crippen LogP) is 2.98. The van der Waals surface area contributed by atoms with Gasteiger partial charge in [0.2, 0.25) is 0 Å². The molecule has 0 N–H and O–H groups in total. The number of carbonyl (C=O) groups is 1. The van der Waals surface area contributed by atoms with Crippen LogP contribution in [0.2, 0.25) is 0 Å². The molecule has 0 radical (unpaired) electrons. The van der Waals surface area contributed by atoms with Crippen molar-refractivity contribution < 1.29 is 9.53 Å². The summed E-state index contributed by atoms with van der Waals surface area (Å²) < 4.78 is 5.40. The molecule has 0 aliphatic carbocycles. The van der Waals surface area contributed by atoms with Gasteiger partial charge in [-0.05, 0) is 57.0 Å². The standard InChI is InChI=1S/C16H23NO2/c1-12-9-13(2)16(19-3)14(10-12)15(18)11-17-7-5-4-6-8-17/h9-10H,4-8,11H2,1-3H3. The summed E-state index contributed by atoms with van der Waals surface area (Å²) >= 11 is 0. The Morgan fingerprint density at radius 2 is 1.89 bits per heavy atom. The molecule has 0 spiro atoms. The van der Waals surface area contributed by atoms with Gasteiger partial charge < -0.3 is 4.74 Å². The lowest BCUT2D eigenvalue weighted by molar-refractivity contribution is 0.0912. The van der Waals surface area contributed by atoms with Crippen molar-refractivity contribution in [3.63, 3.8) is 0 Å². The minimum Gasteiger partial charge on any atom is -0.496 e. The summed E-state index contributed by atoms with van der Waals surface area (Å²) in [4.78, 5) is 14.7. The molecule has 1 saturated heterocycles. The molecule has 1 aliphatic rings. The molecule has 0 saturated carbocycles. The van der Waals surface area contributed by atoms with E-state index in [0.29, 0.717) is 6.54 Å². The zero-order valence-corrected chi connectivity index (χ0v) is 12.2. The number of nitrogens with zero attached hydrogens (tertiary/aromatic N) is 1. The minimum absolute atomic E-state index is 0.172. The molecule has 3 nitrogen and oxygen atoms in total. The van der Waals surface area contributed by atoms with E-state index in [1.54, 1.807) is 7.11 Å². The molecule has 0 amide bonds. The van der Waals surface area contributed by atoms with Gasteiger partial charge in [-0.3, -0.25) is 9.69 Å². The highest BCUT2D eigenvalue weighted by Crippen LogP contribution is 2.26. The molecule has 0 aromatic heterocycles. The Bertz CT molecular complexity index is 462. The number of ether oxygens (including phenoxy) is 1. The third kappa shape index (κ3) is 3.35. The Kier molecular flexibility index (Phi) is 4.59. The number of hydrogen-bond acceptors (Lipinski definition) is 3. The number of ketones is 1. The fourth-order valence-electron chi connectivity index (χ4n) is 2.84. The lowest BCUT2D eigenvalue weighted by atomic mass is 10.0. The van der Waals surface area contributed by atoms with Crippen molar-refractivity contribution in [3.8, 4) is 5.75 Å². The van der Waals surface area contributed by atoms with E-state index in [-0.39, 0.29) is 5.78 Å². The number of benzene rings is 1. The van der Waals surface area contributed by atoms with Gasteiger partial charge in [0.1, 0.15) is 5.75 Å². The molecule has 1 fully saturated rings. The predicted molar refractivity (Wildman–Crippen MR) is 77.1 cm³/mol. The van der Waals surface area contributed by atoms with Crippen molar-refractivity contribution in [1.82, 2.24) is 4.90 Å². The Morgan fingerprint density at radius 3 is 2.53 bits per heavy atom. The molecule has 2 rings (SSSR count). The number of piperidine rings is 1. The van der Waals surface area contributed by atoms with Crippen molar-refractivity contribution in [2.75, 3.05) is 26.7 Å². The van der Waals surface area contributed by atoms with Gasteiger partial charge in [-0.25, -0.2) is 0 Å². The van der Waals surface area contributed by atoms with Crippen LogP contribution < -0.4 is 4.74 Å². The first-order valence-corrected chi connectivity index (χ1v) is 7.02. The quantitative estimate of drug-likeness (QED) is 0.780. The van der Waals surface area contributed by atoms with E-state index in [1.165, 1.54) is 19.3 Å². The van der Waals surface area contributed by atoms with E-state index < -0.39 is 0 Å². The van der Waals surface area contributed by atoms with Crippen LogP contribution in [0.25, 0.3) is 0 Å². The van der Waals surface area contributed by atoms with E-state index in [4.69, 9.17) is 4.74 Å². The van der Waals surface area contributed by atoms with Gasteiger partial charge >= 0.3 is 0 Å². The maximum Gasteiger partial charge on any atom is 0.180 e. The van der Waals surface area contributed by atoms with E-state index >= 15 is 0 Å². The number of carbonyl (C=O) groups excluding carboxylic acids is 1. The Labute approximate surface area is 115 Å². The molecule has 19 heavy (non-hydrogen) atoms. The SMILES string of the molecule is COc1c(C)cc(C)cc1C(=O)CN1CCCCC1. The summed E-state index contributed by atoms with van der Waals surface area (Å²) in [5.41, 5.74) is 2.87. The lowest BCUT2D eigenvalue weighted by Crippen LogP contribution is -2.34. The van der Waals surface area contributed by atoms with Crippen LogP contribution in [0, 0.1) is 13.8 Å². The van der Waals surface area contributed by atoms with Gasteiger partial charge in [0.25, 0.3) is 0 Å². The third-order valence-electron chi connectivity index (χ3n) is 3.74. The molecular weight excluding hydrogens is 238 g/mol. The lowest BCUT2D eigenvalue weighted by Gasteiger charge is -2.26. The van der Waals surface area contributed by atoms with Gasteiger partial charge in [0.15, 0.2) is 5.78 Å². The van der Waals surface area contributed by atoms with Gasteiger partial charge in [-0.1, -0.05) is 12.5 Å². The van der Waals surface area contributed by atoms with Crippen LogP contribution in [0.4, 0.5) is 0 Å². The first-order chi connectivity index (χ1) is 9.11. The highest BCUT2D eigenvalue weighted by molar-refractivity contribution is 6.00. The van der Waals surface area contributed by atoms with E-state index in [9.17, 15) is 4.79 Å². The Morgan fingerprint density at radius 1 is 1.21 bits per heavy atom. The van der Waals surface area contributed by atoms with Gasteiger partial charge in [-0.2, -0.15) is 0 Å². The summed E-state index contributed by atoms with van der Waals surface area (Å²) in [6, 6.07) is 3.99. The maximum atomic E-state index is 12.5. The summed E-state index contributed by atoms with van der Waals surface area (Å²) in [6.45, 7) is 6.60. The summed E-state index contributed by atoms with van der Waals surface area (Å²) in [5.74, 6) is 0.901. The van der Waals surface area contributed by atoms with E-state index in [2.05, 4.69) is 11.0 Å². The van der Waals surface area contributed by atoms with Crippen LogP contribution >= 0.6 is 0 Å². The topological polar surface area (TPSA) is 29.5 Å². The van der Waals surface area contributed by atoms with E-state index in [1.807, 2.05) is 19.9 Å². The highest BCUT2D eigenvalue weighted by Gasteiger charge is 2.19. The van der Waals surface area contributed by atoms with Crippen LogP contribution in [0.5, 0.6) is 5.75 Å². The molecule has 1 aromatic rings. The molecular formula is C16H23NO2. The van der Waals surface area contributed by atoms with Gasteiger partial charge in [0.05, 0.1) is 19.2 Å². The second-order valence-electron chi connectivity index (χ2n) is 5.42. The van der Waals surface area contributed by atoms with Crippen molar-refractivity contribution in [2.24, 2.45) is 0 Å². The van der Waals surface area contributed by atoms with Crippen LogP contribution in [-0.4, -0.2) is 37.4 Å². The van der Waals surface area contributed by atoms with Gasteiger partial charge in [0, 0.05) is 0 Å². The average molecular weight is 261 g/mol. The monoisotopic (exact) mass is 261 g/mol. The molecule has 0 unspecified atom stereocenters. The molecule has 1 heterocycles. The first kappa shape index (κ1) is 14.1.